The first-order valence-electron chi connectivity index (χ1n) is 24.5. The van der Waals surface area contributed by atoms with E-state index in [4.69, 9.17) is 18.5 Å². The van der Waals surface area contributed by atoms with Gasteiger partial charge in [0.25, 0.3) is 0 Å². The number of hydrogen-bond acceptors (Lipinski definition) is 13. The first-order valence-corrected chi connectivity index (χ1v) is 27.6. The van der Waals surface area contributed by atoms with Crippen molar-refractivity contribution in [2.75, 3.05) is 13.2 Å². The molecular formula is C47H86O16P2. The normalized spacial score (nSPS) is 21.9. The number of ether oxygens (including phenoxy) is 2. The first-order chi connectivity index (χ1) is 31.1. The van der Waals surface area contributed by atoms with Gasteiger partial charge in [0.15, 0.2) is 6.10 Å². The molecule has 0 aliphatic heterocycles. The summed E-state index contributed by atoms with van der Waals surface area (Å²) in [6, 6.07) is 0. The number of phosphoric ester groups is 2. The topological polar surface area (TPSA) is 256 Å². The Morgan fingerprint density at radius 1 is 0.492 bits per heavy atom. The van der Waals surface area contributed by atoms with Crippen molar-refractivity contribution in [3.05, 3.63) is 36.5 Å². The van der Waals surface area contributed by atoms with Crippen LogP contribution in [0.5, 0.6) is 0 Å². The second-order valence-corrected chi connectivity index (χ2v) is 19.8. The monoisotopic (exact) mass is 969 g/mol. The smallest absolute Gasteiger partial charge is 0.462 e. The van der Waals surface area contributed by atoms with Crippen molar-refractivity contribution in [1.82, 2.24) is 0 Å². The van der Waals surface area contributed by atoms with Crippen LogP contribution in [0.15, 0.2) is 36.5 Å². The molecule has 1 aliphatic carbocycles. The highest BCUT2D eigenvalue weighted by atomic mass is 31.2. The number of rotatable bonds is 41. The lowest BCUT2D eigenvalue weighted by Crippen LogP contribution is -2.64. The number of phosphoric acid groups is 2. The molecule has 0 aromatic rings. The number of carbonyl (C=O) groups is 2. The zero-order valence-corrected chi connectivity index (χ0v) is 41.2. The fourth-order valence-corrected chi connectivity index (χ4v) is 8.88. The van der Waals surface area contributed by atoms with E-state index in [1.54, 1.807) is 0 Å². The van der Waals surface area contributed by atoms with Gasteiger partial charge in [-0.15, -0.1) is 0 Å². The molecule has 18 heteroatoms. The highest BCUT2D eigenvalue weighted by Crippen LogP contribution is 2.49. The Morgan fingerprint density at radius 3 is 1.38 bits per heavy atom. The first kappa shape index (κ1) is 61.2. The van der Waals surface area contributed by atoms with Gasteiger partial charge in [-0.05, 0) is 70.6 Å². The van der Waals surface area contributed by atoms with Crippen LogP contribution in [-0.2, 0) is 41.8 Å². The Hall–Kier alpha value is -1.78. The van der Waals surface area contributed by atoms with Crippen LogP contribution in [0.25, 0.3) is 0 Å². The summed E-state index contributed by atoms with van der Waals surface area (Å²) in [5, 5.41) is 41.2. The van der Waals surface area contributed by atoms with Crippen LogP contribution in [0.3, 0.4) is 0 Å². The van der Waals surface area contributed by atoms with Crippen molar-refractivity contribution < 1.29 is 76.9 Å². The van der Waals surface area contributed by atoms with Crippen molar-refractivity contribution in [3.8, 4) is 0 Å². The summed E-state index contributed by atoms with van der Waals surface area (Å²) in [4.78, 5) is 54.3. The van der Waals surface area contributed by atoms with Crippen LogP contribution >= 0.6 is 15.6 Å². The average Bonchev–Trinajstić information content (AvgIpc) is 3.26. The highest BCUT2D eigenvalue weighted by molar-refractivity contribution is 7.47. The van der Waals surface area contributed by atoms with Gasteiger partial charge < -0.3 is 44.6 Å². The van der Waals surface area contributed by atoms with E-state index in [0.717, 1.165) is 96.3 Å². The molecule has 0 saturated heterocycles. The summed E-state index contributed by atoms with van der Waals surface area (Å²) in [5.74, 6) is -1.22. The molecule has 1 aliphatic rings. The van der Waals surface area contributed by atoms with Gasteiger partial charge in [-0.25, -0.2) is 9.13 Å². The average molecular weight is 969 g/mol. The Bertz CT molecular complexity index is 1400. The predicted molar refractivity (Wildman–Crippen MR) is 250 cm³/mol. The molecule has 380 valence electrons. The number of unbranched alkanes of at least 4 members (excludes halogenated alkanes) is 21. The number of aliphatic hydroxyl groups is 4. The Balaban J connectivity index is 2.58. The minimum atomic E-state index is -5.37. The van der Waals surface area contributed by atoms with Crippen LogP contribution in [0.2, 0.25) is 0 Å². The minimum absolute atomic E-state index is 0.0276. The van der Waals surface area contributed by atoms with E-state index < -0.39 is 83.5 Å². The van der Waals surface area contributed by atoms with Crippen molar-refractivity contribution >= 4 is 27.6 Å². The molecule has 5 unspecified atom stereocenters. The van der Waals surface area contributed by atoms with E-state index in [-0.39, 0.29) is 12.8 Å². The van der Waals surface area contributed by atoms with E-state index in [0.29, 0.717) is 12.8 Å². The van der Waals surface area contributed by atoms with Crippen LogP contribution < -0.4 is 0 Å². The molecule has 16 nitrogen and oxygen atoms in total. The molecule has 1 rings (SSSR count). The third kappa shape index (κ3) is 32.6. The molecule has 0 heterocycles. The van der Waals surface area contributed by atoms with Crippen LogP contribution in [0.1, 0.15) is 194 Å². The van der Waals surface area contributed by atoms with E-state index in [2.05, 4.69) is 54.8 Å². The summed E-state index contributed by atoms with van der Waals surface area (Å²) < 4.78 is 49.4. The lowest BCUT2D eigenvalue weighted by molar-refractivity contribution is -0.216. The summed E-state index contributed by atoms with van der Waals surface area (Å²) in [7, 11) is -10.7. The van der Waals surface area contributed by atoms with Crippen LogP contribution in [-0.4, -0.2) is 103 Å². The number of hydrogen-bond donors (Lipinski definition) is 7. The van der Waals surface area contributed by atoms with E-state index >= 15 is 0 Å². The molecular weight excluding hydrogens is 882 g/mol. The maximum atomic E-state index is 13.0. The largest absolute Gasteiger partial charge is 0.472 e. The van der Waals surface area contributed by atoms with Crippen LogP contribution in [0, 0.1) is 0 Å². The second-order valence-electron chi connectivity index (χ2n) is 17.2. The van der Waals surface area contributed by atoms with Gasteiger partial charge in [-0.2, -0.15) is 0 Å². The zero-order chi connectivity index (χ0) is 48.2. The Morgan fingerprint density at radius 2 is 0.892 bits per heavy atom. The van der Waals surface area contributed by atoms with Crippen molar-refractivity contribution in [2.45, 2.75) is 236 Å². The van der Waals surface area contributed by atoms with Gasteiger partial charge in [0.2, 0.25) is 0 Å². The molecule has 1 saturated carbocycles. The van der Waals surface area contributed by atoms with Crippen LogP contribution in [0.4, 0.5) is 0 Å². The fourth-order valence-electron chi connectivity index (χ4n) is 7.34. The third-order valence-electron chi connectivity index (χ3n) is 11.2. The molecule has 8 atom stereocenters. The minimum Gasteiger partial charge on any atom is -0.462 e. The molecule has 0 spiro atoms. The molecule has 0 radical (unpaired) electrons. The molecule has 0 bridgehead atoms. The number of allylic oxidation sites excluding steroid dienone is 6. The lowest BCUT2D eigenvalue weighted by atomic mass is 9.85. The van der Waals surface area contributed by atoms with Crippen molar-refractivity contribution in [1.29, 1.82) is 0 Å². The Kier molecular flexibility index (Phi) is 35.9. The number of aliphatic hydroxyl groups excluding tert-OH is 4. The summed E-state index contributed by atoms with van der Waals surface area (Å²) in [6.45, 7) is 3.07. The highest BCUT2D eigenvalue weighted by Gasteiger charge is 2.54. The van der Waals surface area contributed by atoms with Gasteiger partial charge in [0, 0.05) is 12.8 Å². The summed E-state index contributed by atoms with van der Waals surface area (Å²) >= 11 is 0. The number of esters is 2. The van der Waals surface area contributed by atoms with Gasteiger partial charge in [0.05, 0.1) is 6.61 Å². The standard InChI is InChI=1S/C47H86O16P2/c1-3-5-7-9-11-13-15-17-19-20-22-23-25-27-29-31-33-35-40(48)59-37-39(61-41(49)36-34-32-30-28-26-24-21-18-16-14-12-10-8-6-4-2)38-60-65(57,58)63-47-44(52)42(50)43(51)46(45(47)53)62-64(54,55)56/h12,14,17-19,21,39,42-47,50-53H,3-11,13,15-16,20,22-38H2,1-2H3,(H,57,58)(H2,54,55,56)/b14-12-,19-17-,21-18-/t39-,42?,43?,44?,45?,46-,47+/m1/s1. The molecule has 1 fully saturated rings. The lowest BCUT2D eigenvalue weighted by Gasteiger charge is -2.43. The van der Waals surface area contributed by atoms with E-state index in [9.17, 15) is 53.8 Å². The fraction of sp³-hybridized carbons (Fsp3) is 0.830. The van der Waals surface area contributed by atoms with Gasteiger partial charge in [-0.1, -0.05) is 147 Å². The van der Waals surface area contributed by atoms with Crippen molar-refractivity contribution in [2.24, 2.45) is 0 Å². The molecule has 65 heavy (non-hydrogen) atoms. The van der Waals surface area contributed by atoms with Gasteiger partial charge in [-0.3, -0.25) is 23.2 Å². The molecule has 0 aromatic carbocycles. The van der Waals surface area contributed by atoms with E-state index in [1.165, 1.54) is 57.8 Å². The van der Waals surface area contributed by atoms with Gasteiger partial charge >= 0.3 is 27.6 Å². The summed E-state index contributed by atoms with van der Waals surface area (Å²) in [5.41, 5.74) is 0. The molecule has 7 N–H and O–H groups in total. The predicted octanol–water partition coefficient (Wildman–Crippen LogP) is 9.51. The third-order valence-corrected chi connectivity index (χ3v) is 12.7. The summed E-state index contributed by atoms with van der Waals surface area (Å²) in [6.07, 6.45) is 26.7. The molecule has 0 amide bonds. The maximum absolute atomic E-state index is 13.0. The van der Waals surface area contributed by atoms with Gasteiger partial charge in [0.1, 0.15) is 43.2 Å². The van der Waals surface area contributed by atoms with E-state index in [1.807, 2.05) is 0 Å². The quantitative estimate of drug-likeness (QED) is 0.0130. The van der Waals surface area contributed by atoms with Crippen molar-refractivity contribution in [3.63, 3.8) is 0 Å². The SMILES string of the molecule is CCCCC/C=C\C/C=C\CCCCCCCC(=O)O[C@H](COC(=O)CCCCCCCCC/C=C\CCCCCCCC)COP(=O)(O)O[C@H]1C(O)C(O)C(O)[C@@H](OP(=O)(O)O)C1O. The number of carbonyl (C=O) groups excluding carboxylic acids is 2. The second kappa shape index (κ2) is 38.1. The molecule has 0 aromatic heterocycles. The zero-order valence-electron chi connectivity index (χ0n) is 39.4. The maximum Gasteiger partial charge on any atom is 0.472 e. The Labute approximate surface area is 389 Å².